The molecule has 0 radical (unpaired) electrons. The molecule has 0 aliphatic carbocycles. The molecule has 1 atom stereocenters. The first-order chi connectivity index (χ1) is 9.11. The molecule has 4 heteroatoms. The summed E-state index contributed by atoms with van der Waals surface area (Å²) in [7, 11) is 2.07. The summed E-state index contributed by atoms with van der Waals surface area (Å²) >= 11 is 12.6. The van der Waals surface area contributed by atoms with Crippen LogP contribution < -0.4 is 9.80 Å². The predicted molar refractivity (Wildman–Crippen MR) is 82.9 cm³/mol. The van der Waals surface area contributed by atoms with E-state index in [9.17, 15) is 0 Å². The second-order valence-electron chi connectivity index (χ2n) is 4.68. The molecule has 1 aliphatic heterocycles. The number of nitrogens with zero attached hydrogens (tertiary/aromatic N) is 2. The molecule has 19 heavy (non-hydrogen) atoms. The Kier molecular flexibility index (Phi) is 3.08. The zero-order chi connectivity index (χ0) is 13.6. The second-order valence-corrected chi connectivity index (χ2v) is 5.46. The number of hydrogen-bond acceptors (Lipinski definition) is 2. The maximum atomic E-state index is 6.41. The Hall–Kier alpha value is -1.38. The molecule has 2 aromatic rings. The van der Waals surface area contributed by atoms with Gasteiger partial charge in [-0.2, -0.15) is 0 Å². The molecular weight excluding hydrogens is 279 g/mol. The summed E-state index contributed by atoms with van der Waals surface area (Å²) in [6, 6.07) is 14.1. The van der Waals surface area contributed by atoms with Crippen LogP contribution in [0.25, 0.3) is 0 Å². The lowest BCUT2D eigenvalue weighted by Crippen LogP contribution is -2.35. The Morgan fingerprint density at radius 3 is 2.37 bits per heavy atom. The maximum Gasteiger partial charge on any atom is 0.103 e. The van der Waals surface area contributed by atoms with E-state index >= 15 is 0 Å². The first-order valence-electron chi connectivity index (χ1n) is 6.16. The van der Waals surface area contributed by atoms with Crippen LogP contribution in [0.3, 0.4) is 0 Å². The monoisotopic (exact) mass is 292 g/mol. The molecule has 0 bridgehead atoms. The van der Waals surface area contributed by atoms with E-state index in [1.807, 2.05) is 30.3 Å². The van der Waals surface area contributed by atoms with Gasteiger partial charge >= 0.3 is 0 Å². The minimum Gasteiger partial charge on any atom is -0.352 e. The van der Waals surface area contributed by atoms with Crippen LogP contribution in [-0.4, -0.2) is 13.2 Å². The fourth-order valence-corrected chi connectivity index (χ4v) is 2.94. The number of halogens is 2. The predicted octanol–water partition coefficient (Wildman–Crippen LogP) is 4.93. The van der Waals surface area contributed by atoms with E-state index in [1.165, 1.54) is 0 Å². The van der Waals surface area contributed by atoms with Crippen LogP contribution in [0.2, 0.25) is 10.0 Å². The third kappa shape index (κ3) is 1.87. The van der Waals surface area contributed by atoms with E-state index in [1.54, 1.807) is 0 Å². The van der Waals surface area contributed by atoms with Crippen molar-refractivity contribution in [2.75, 3.05) is 16.8 Å². The van der Waals surface area contributed by atoms with Gasteiger partial charge in [-0.25, -0.2) is 0 Å². The first-order valence-corrected chi connectivity index (χ1v) is 6.92. The minimum absolute atomic E-state index is 0.202. The van der Waals surface area contributed by atoms with Crippen LogP contribution in [0.4, 0.5) is 17.1 Å². The fraction of sp³-hybridized carbons (Fsp3) is 0.200. The number of para-hydroxylation sites is 1. The van der Waals surface area contributed by atoms with Crippen molar-refractivity contribution in [3.8, 4) is 0 Å². The highest BCUT2D eigenvalue weighted by Gasteiger charge is 2.34. The van der Waals surface area contributed by atoms with E-state index in [2.05, 4.69) is 35.9 Å². The van der Waals surface area contributed by atoms with E-state index in [0.717, 1.165) is 17.1 Å². The van der Waals surface area contributed by atoms with Gasteiger partial charge in [0.1, 0.15) is 6.17 Å². The van der Waals surface area contributed by atoms with Crippen LogP contribution in [0.15, 0.2) is 42.5 Å². The highest BCUT2D eigenvalue weighted by Crippen LogP contribution is 2.49. The molecular formula is C15H14Cl2N2. The van der Waals surface area contributed by atoms with E-state index in [0.29, 0.717) is 10.0 Å². The van der Waals surface area contributed by atoms with Crippen LogP contribution in [0, 0.1) is 0 Å². The van der Waals surface area contributed by atoms with E-state index in [4.69, 9.17) is 23.2 Å². The molecule has 0 spiro atoms. The molecule has 0 N–H and O–H groups in total. The van der Waals surface area contributed by atoms with E-state index < -0.39 is 0 Å². The third-order valence-electron chi connectivity index (χ3n) is 3.64. The van der Waals surface area contributed by atoms with Gasteiger partial charge in [0.2, 0.25) is 0 Å². The zero-order valence-electron chi connectivity index (χ0n) is 10.8. The van der Waals surface area contributed by atoms with Crippen LogP contribution in [0.1, 0.15) is 6.92 Å². The Balaban J connectivity index is 2.22. The van der Waals surface area contributed by atoms with Gasteiger partial charge in [-0.3, -0.25) is 0 Å². The van der Waals surface area contributed by atoms with Crippen LogP contribution in [0.5, 0.6) is 0 Å². The normalized spacial score (nSPS) is 17.8. The largest absolute Gasteiger partial charge is 0.352 e. The first kappa shape index (κ1) is 12.6. The lowest BCUT2D eigenvalue weighted by molar-refractivity contribution is 0.734. The Bertz CT molecular complexity index is 613. The average molecular weight is 293 g/mol. The van der Waals surface area contributed by atoms with Crippen molar-refractivity contribution < 1.29 is 0 Å². The number of hydrogen-bond donors (Lipinski definition) is 0. The van der Waals surface area contributed by atoms with Gasteiger partial charge in [-0.15, -0.1) is 0 Å². The molecule has 0 saturated carbocycles. The second kappa shape index (κ2) is 4.62. The van der Waals surface area contributed by atoms with Gasteiger partial charge in [0, 0.05) is 12.7 Å². The summed E-state index contributed by atoms with van der Waals surface area (Å²) < 4.78 is 0. The van der Waals surface area contributed by atoms with Crippen LogP contribution >= 0.6 is 23.2 Å². The van der Waals surface area contributed by atoms with Crippen LogP contribution in [-0.2, 0) is 0 Å². The molecule has 3 rings (SSSR count). The zero-order valence-corrected chi connectivity index (χ0v) is 12.3. The highest BCUT2D eigenvalue weighted by atomic mass is 35.5. The van der Waals surface area contributed by atoms with Gasteiger partial charge in [-0.05, 0) is 31.2 Å². The third-order valence-corrected chi connectivity index (χ3v) is 4.43. The lowest BCUT2D eigenvalue weighted by atomic mass is 10.2. The molecule has 0 fully saturated rings. The molecule has 2 aromatic carbocycles. The quantitative estimate of drug-likeness (QED) is 0.735. The van der Waals surface area contributed by atoms with Gasteiger partial charge < -0.3 is 9.80 Å². The molecule has 1 unspecified atom stereocenters. The molecule has 0 aromatic heterocycles. The summed E-state index contributed by atoms with van der Waals surface area (Å²) in [6.45, 7) is 2.15. The van der Waals surface area contributed by atoms with Crippen molar-refractivity contribution in [1.82, 2.24) is 0 Å². The Labute approximate surface area is 123 Å². The van der Waals surface area contributed by atoms with Crippen molar-refractivity contribution in [3.05, 3.63) is 52.5 Å². The smallest absolute Gasteiger partial charge is 0.103 e. The lowest BCUT2D eigenvalue weighted by Gasteiger charge is -2.27. The number of fused-ring (bicyclic) bond motifs is 1. The summed E-state index contributed by atoms with van der Waals surface area (Å²) in [5.74, 6) is 0. The number of rotatable bonds is 1. The van der Waals surface area contributed by atoms with Gasteiger partial charge in [0.05, 0.1) is 21.4 Å². The Morgan fingerprint density at radius 2 is 1.68 bits per heavy atom. The van der Waals surface area contributed by atoms with Crippen molar-refractivity contribution in [2.45, 2.75) is 13.1 Å². The standard InChI is InChI=1S/C15H14Cl2N2/c1-10-18(2)13-9-8-12(16)14(17)15(13)19(10)11-6-4-3-5-7-11/h3-10H,1-2H3. The van der Waals surface area contributed by atoms with Gasteiger partial charge in [0.15, 0.2) is 0 Å². The average Bonchev–Trinajstić information content (AvgIpc) is 2.68. The summed E-state index contributed by atoms with van der Waals surface area (Å²) in [5.41, 5.74) is 3.20. The highest BCUT2D eigenvalue weighted by molar-refractivity contribution is 6.44. The molecule has 98 valence electrons. The Morgan fingerprint density at radius 1 is 1.00 bits per heavy atom. The SMILES string of the molecule is CC1N(C)c2ccc(Cl)c(Cl)c2N1c1ccccc1. The van der Waals surface area contributed by atoms with Gasteiger partial charge in [-0.1, -0.05) is 41.4 Å². The topological polar surface area (TPSA) is 6.48 Å². The van der Waals surface area contributed by atoms with Gasteiger partial charge in [0.25, 0.3) is 0 Å². The maximum absolute atomic E-state index is 6.41. The molecule has 2 nitrogen and oxygen atoms in total. The molecule has 0 amide bonds. The van der Waals surface area contributed by atoms with Crippen molar-refractivity contribution in [3.63, 3.8) is 0 Å². The summed E-state index contributed by atoms with van der Waals surface area (Å²) in [4.78, 5) is 4.41. The van der Waals surface area contributed by atoms with Crippen molar-refractivity contribution in [1.29, 1.82) is 0 Å². The number of anilines is 3. The van der Waals surface area contributed by atoms with Crippen molar-refractivity contribution >= 4 is 40.3 Å². The summed E-state index contributed by atoms with van der Waals surface area (Å²) in [5, 5.41) is 1.20. The summed E-state index contributed by atoms with van der Waals surface area (Å²) in [6.07, 6.45) is 0.202. The minimum atomic E-state index is 0.202. The van der Waals surface area contributed by atoms with E-state index in [-0.39, 0.29) is 6.17 Å². The molecule has 0 saturated heterocycles. The fourth-order valence-electron chi connectivity index (χ4n) is 2.54. The molecule has 1 heterocycles. The molecule has 1 aliphatic rings. The number of benzene rings is 2. The van der Waals surface area contributed by atoms with Crippen molar-refractivity contribution in [2.24, 2.45) is 0 Å².